The van der Waals surface area contributed by atoms with Crippen molar-refractivity contribution in [3.63, 3.8) is 0 Å². The molecular formula is C13H15FO. The first-order valence-electron chi connectivity index (χ1n) is 5.49. The van der Waals surface area contributed by atoms with Crippen molar-refractivity contribution in [3.8, 4) is 0 Å². The minimum atomic E-state index is -0.268. The third kappa shape index (κ3) is 2.09. The second kappa shape index (κ2) is 4.13. The van der Waals surface area contributed by atoms with Crippen LogP contribution in [0.2, 0.25) is 0 Å². The van der Waals surface area contributed by atoms with Crippen molar-refractivity contribution >= 4 is 5.78 Å². The van der Waals surface area contributed by atoms with Crippen LogP contribution in [0.15, 0.2) is 18.2 Å². The average Bonchev–Trinajstić information content (AvgIpc) is 2.69. The van der Waals surface area contributed by atoms with Gasteiger partial charge in [-0.3, -0.25) is 4.79 Å². The van der Waals surface area contributed by atoms with E-state index in [1.807, 2.05) is 0 Å². The number of benzene rings is 1. The van der Waals surface area contributed by atoms with Gasteiger partial charge in [0.05, 0.1) is 0 Å². The average molecular weight is 206 g/mol. The molecule has 0 radical (unpaired) electrons. The van der Waals surface area contributed by atoms with Crippen LogP contribution in [0.5, 0.6) is 0 Å². The number of hydrogen-bond acceptors (Lipinski definition) is 1. The molecule has 1 nitrogen and oxygen atoms in total. The van der Waals surface area contributed by atoms with Crippen molar-refractivity contribution in [2.75, 3.05) is 0 Å². The third-order valence-electron chi connectivity index (χ3n) is 3.18. The van der Waals surface area contributed by atoms with Crippen LogP contribution in [0.1, 0.15) is 41.6 Å². The van der Waals surface area contributed by atoms with Crippen LogP contribution >= 0.6 is 0 Å². The van der Waals surface area contributed by atoms with Gasteiger partial charge in [-0.15, -0.1) is 0 Å². The van der Waals surface area contributed by atoms with Gasteiger partial charge in [-0.25, -0.2) is 4.39 Å². The summed E-state index contributed by atoms with van der Waals surface area (Å²) in [5.74, 6) is 0.106. The topological polar surface area (TPSA) is 17.1 Å². The number of ketones is 1. The Morgan fingerprint density at radius 1 is 1.33 bits per heavy atom. The summed E-state index contributed by atoms with van der Waals surface area (Å²) in [7, 11) is 0. The van der Waals surface area contributed by atoms with E-state index in [0.29, 0.717) is 5.56 Å². The Hall–Kier alpha value is -1.18. The fourth-order valence-electron chi connectivity index (χ4n) is 2.31. The lowest BCUT2D eigenvalue weighted by Crippen LogP contribution is -2.12. The molecular weight excluding hydrogens is 191 g/mol. The Bertz CT molecular complexity index is 378. The molecule has 0 heterocycles. The Labute approximate surface area is 89.3 Å². The number of aryl methyl sites for hydroxylation is 1. The third-order valence-corrected chi connectivity index (χ3v) is 3.18. The second-order valence-corrected chi connectivity index (χ2v) is 4.30. The van der Waals surface area contributed by atoms with Crippen LogP contribution in [0, 0.1) is 18.7 Å². The number of carbonyl (C=O) groups is 1. The molecule has 80 valence electrons. The van der Waals surface area contributed by atoms with Crippen LogP contribution in [0.3, 0.4) is 0 Å². The van der Waals surface area contributed by atoms with Crippen molar-refractivity contribution < 1.29 is 9.18 Å². The molecule has 0 spiro atoms. The molecule has 0 N–H and O–H groups in total. The Balaban J connectivity index is 2.24. The van der Waals surface area contributed by atoms with E-state index in [9.17, 15) is 9.18 Å². The van der Waals surface area contributed by atoms with Crippen LogP contribution in [0.4, 0.5) is 4.39 Å². The van der Waals surface area contributed by atoms with Gasteiger partial charge in [-0.1, -0.05) is 12.8 Å². The van der Waals surface area contributed by atoms with Gasteiger partial charge in [0.1, 0.15) is 5.82 Å². The van der Waals surface area contributed by atoms with Crippen molar-refractivity contribution in [3.05, 3.63) is 35.1 Å². The molecule has 0 aliphatic heterocycles. The largest absolute Gasteiger partial charge is 0.294 e. The van der Waals surface area contributed by atoms with Crippen LogP contribution in [-0.2, 0) is 0 Å². The van der Waals surface area contributed by atoms with Gasteiger partial charge < -0.3 is 0 Å². The zero-order chi connectivity index (χ0) is 10.8. The zero-order valence-corrected chi connectivity index (χ0v) is 8.92. The van der Waals surface area contributed by atoms with E-state index in [1.165, 1.54) is 12.1 Å². The van der Waals surface area contributed by atoms with Crippen molar-refractivity contribution in [1.82, 2.24) is 0 Å². The van der Waals surface area contributed by atoms with E-state index in [2.05, 4.69) is 0 Å². The van der Waals surface area contributed by atoms with Crippen LogP contribution in [-0.4, -0.2) is 5.78 Å². The van der Waals surface area contributed by atoms with Gasteiger partial charge >= 0.3 is 0 Å². The summed E-state index contributed by atoms with van der Waals surface area (Å²) in [5, 5.41) is 0. The maximum Gasteiger partial charge on any atom is 0.166 e. The molecule has 2 rings (SSSR count). The van der Waals surface area contributed by atoms with E-state index in [-0.39, 0.29) is 17.5 Å². The summed E-state index contributed by atoms with van der Waals surface area (Å²) in [6.07, 6.45) is 4.29. The van der Waals surface area contributed by atoms with Gasteiger partial charge in [0.15, 0.2) is 5.78 Å². The Kier molecular flexibility index (Phi) is 2.85. The molecule has 0 atom stereocenters. The summed E-state index contributed by atoms with van der Waals surface area (Å²) in [6.45, 7) is 1.80. The molecule has 0 amide bonds. The molecule has 1 aromatic carbocycles. The summed E-state index contributed by atoms with van der Waals surface area (Å²) in [5.41, 5.74) is 1.45. The van der Waals surface area contributed by atoms with E-state index < -0.39 is 0 Å². The highest BCUT2D eigenvalue weighted by atomic mass is 19.1. The molecule has 2 heteroatoms. The molecule has 1 aliphatic rings. The lowest BCUT2D eigenvalue weighted by molar-refractivity contribution is 0.0922. The number of hydrogen-bond donors (Lipinski definition) is 0. The molecule has 15 heavy (non-hydrogen) atoms. The maximum atomic E-state index is 12.9. The maximum absolute atomic E-state index is 12.9. The van der Waals surface area contributed by atoms with E-state index in [0.717, 1.165) is 31.2 Å². The lowest BCUT2D eigenvalue weighted by Gasteiger charge is -2.10. The second-order valence-electron chi connectivity index (χ2n) is 4.30. The highest BCUT2D eigenvalue weighted by Gasteiger charge is 2.24. The molecule has 0 unspecified atom stereocenters. The van der Waals surface area contributed by atoms with Gasteiger partial charge in [0, 0.05) is 11.5 Å². The fourth-order valence-corrected chi connectivity index (χ4v) is 2.31. The number of halogens is 1. The van der Waals surface area contributed by atoms with Crippen LogP contribution in [0.25, 0.3) is 0 Å². The van der Waals surface area contributed by atoms with Crippen molar-refractivity contribution in [2.45, 2.75) is 32.6 Å². The molecule has 0 aromatic heterocycles. The van der Waals surface area contributed by atoms with Crippen LogP contribution < -0.4 is 0 Å². The minimum Gasteiger partial charge on any atom is -0.294 e. The monoisotopic (exact) mass is 206 g/mol. The molecule has 1 saturated carbocycles. The number of rotatable bonds is 2. The summed E-state index contributed by atoms with van der Waals surface area (Å²) in [6, 6.07) is 4.42. The first-order chi connectivity index (χ1) is 7.18. The fraction of sp³-hybridized carbons (Fsp3) is 0.462. The smallest absolute Gasteiger partial charge is 0.166 e. The quantitative estimate of drug-likeness (QED) is 0.677. The summed E-state index contributed by atoms with van der Waals surface area (Å²) in [4.78, 5) is 12.1. The molecule has 1 aliphatic carbocycles. The molecule has 1 fully saturated rings. The summed E-state index contributed by atoms with van der Waals surface area (Å²) >= 11 is 0. The minimum absolute atomic E-state index is 0.175. The lowest BCUT2D eigenvalue weighted by atomic mass is 9.93. The SMILES string of the molecule is Cc1cc(F)ccc1C(=O)C1CCCC1. The van der Waals surface area contributed by atoms with Gasteiger partial charge in [-0.05, 0) is 43.5 Å². The molecule has 1 aromatic rings. The number of carbonyl (C=O) groups excluding carboxylic acids is 1. The Morgan fingerprint density at radius 3 is 2.60 bits per heavy atom. The van der Waals surface area contributed by atoms with E-state index in [1.54, 1.807) is 13.0 Å². The van der Waals surface area contributed by atoms with Gasteiger partial charge in [0.2, 0.25) is 0 Å². The predicted octanol–water partition coefficient (Wildman–Crippen LogP) is 3.51. The first-order valence-corrected chi connectivity index (χ1v) is 5.49. The first kappa shape index (κ1) is 10.3. The van der Waals surface area contributed by atoms with Gasteiger partial charge in [-0.2, -0.15) is 0 Å². The highest BCUT2D eigenvalue weighted by Crippen LogP contribution is 2.29. The van der Waals surface area contributed by atoms with Gasteiger partial charge in [0.25, 0.3) is 0 Å². The van der Waals surface area contributed by atoms with E-state index >= 15 is 0 Å². The number of Topliss-reactive ketones (excluding diaryl/α,β-unsaturated/α-hetero) is 1. The van der Waals surface area contributed by atoms with E-state index in [4.69, 9.17) is 0 Å². The predicted molar refractivity (Wildman–Crippen MR) is 57.4 cm³/mol. The Morgan fingerprint density at radius 2 is 2.00 bits per heavy atom. The van der Waals surface area contributed by atoms with Crippen molar-refractivity contribution in [1.29, 1.82) is 0 Å². The molecule has 0 saturated heterocycles. The highest BCUT2D eigenvalue weighted by molar-refractivity contribution is 5.99. The standard InChI is InChI=1S/C13H15FO/c1-9-8-11(14)6-7-12(9)13(15)10-4-2-3-5-10/h6-8,10H,2-5H2,1H3. The normalized spacial score (nSPS) is 16.9. The van der Waals surface area contributed by atoms with Crippen molar-refractivity contribution in [2.24, 2.45) is 5.92 Å². The summed E-state index contributed by atoms with van der Waals surface area (Å²) < 4.78 is 12.9. The zero-order valence-electron chi connectivity index (χ0n) is 8.92. The molecule has 0 bridgehead atoms.